The van der Waals surface area contributed by atoms with Gasteiger partial charge in [-0.05, 0) is 43.0 Å². The Morgan fingerprint density at radius 2 is 1.88 bits per heavy atom. The minimum Gasteiger partial charge on any atom is -0.465 e. The molecule has 2 aromatic rings. The van der Waals surface area contributed by atoms with Gasteiger partial charge in [-0.25, -0.2) is 4.79 Å². The molecule has 0 amide bonds. The van der Waals surface area contributed by atoms with Crippen LogP contribution in [0.15, 0.2) is 24.3 Å². The minimum absolute atomic E-state index is 0.357. The van der Waals surface area contributed by atoms with Crippen molar-refractivity contribution in [2.45, 2.75) is 39.2 Å². The van der Waals surface area contributed by atoms with Gasteiger partial charge in [0.2, 0.25) is 0 Å². The number of likely N-dealkylation sites (tertiary alicyclic amines) is 1. The Bertz CT molecular complexity index is 744. The Kier molecular flexibility index (Phi) is 5.45. The molecular formula is C20H26N2O2S. The van der Waals surface area contributed by atoms with Crippen molar-refractivity contribution in [1.29, 1.82) is 0 Å². The van der Waals surface area contributed by atoms with Crippen molar-refractivity contribution in [3.8, 4) is 11.1 Å². The number of methoxy groups -OCH3 is 1. The number of anilines is 1. The van der Waals surface area contributed by atoms with Crippen molar-refractivity contribution in [2.75, 3.05) is 25.9 Å². The van der Waals surface area contributed by atoms with E-state index in [2.05, 4.69) is 43.0 Å². The van der Waals surface area contributed by atoms with Gasteiger partial charge >= 0.3 is 5.97 Å². The lowest BCUT2D eigenvalue weighted by atomic mass is 9.96. The second-order valence-corrected chi connectivity index (χ2v) is 8.03. The maximum Gasteiger partial charge on any atom is 0.341 e. The molecule has 5 heteroatoms. The van der Waals surface area contributed by atoms with Crippen LogP contribution in [-0.2, 0) is 11.3 Å². The topological polar surface area (TPSA) is 55.6 Å². The number of hydrogen-bond donors (Lipinski definition) is 1. The van der Waals surface area contributed by atoms with Crippen molar-refractivity contribution in [1.82, 2.24) is 4.90 Å². The Labute approximate surface area is 153 Å². The zero-order chi connectivity index (χ0) is 18.0. The molecule has 0 atom stereocenters. The average Bonchev–Trinajstić information content (AvgIpc) is 3.22. The number of carbonyl (C=O) groups is 1. The highest BCUT2D eigenvalue weighted by molar-refractivity contribution is 7.17. The molecular weight excluding hydrogens is 332 g/mol. The molecule has 2 heterocycles. The summed E-state index contributed by atoms with van der Waals surface area (Å²) in [6, 6.07) is 8.45. The molecule has 2 N–H and O–H groups in total. The fraction of sp³-hybridized carbons (Fsp3) is 0.450. The van der Waals surface area contributed by atoms with Crippen LogP contribution >= 0.6 is 11.3 Å². The maximum atomic E-state index is 12.3. The molecule has 0 unspecified atom stereocenters. The van der Waals surface area contributed by atoms with E-state index in [1.54, 1.807) is 0 Å². The van der Waals surface area contributed by atoms with Crippen molar-refractivity contribution in [2.24, 2.45) is 0 Å². The highest BCUT2D eigenvalue weighted by atomic mass is 32.1. The van der Waals surface area contributed by atoms with Crippen LogP contribution in [0.25, 0.3) is 11.1 Å². The summed E-state index contributed by atoms with van der Waals surface area (Å²) < 4.78 is 5.00. The van der Waals surface area contributed by atoms with Gasteiger partial charge in [0.25, 0.3) is 0 Å². The van der Waals surface area contributed by atoms with E-state index in [4.69, 9.17) is 10.5 Å². The Morgan fingerprint density at radius 1 is 1.24 bits per heavy atom. The van der Waals surface area contributed by atoms with Gasteiger partial charge < -0.3 is 10.5 Å². The quantitative estimate of drug-likeness (QED) is 0.800. The Hall–Kier alpha value is -1.85. The smallest absolute Gasteiger partial charge is 0.341 e. The van der Waals surface area contributed by atoms with Crippen LogP contribution < -0.4 is 5.73 Å². The van der Waals surface area contributed by atoms with E-state index in [0.717, 1.165) is 35.6 Å². The fourth-order valence-corrected chi connectivity index (χ4v) is 4.52. The van der Waals surface area contributed by atoms with Crippen molar-refractivity contribution in [3.63, 3.8) is 0 Å². The summed E-state index contributed by atoms with van der Waals surface area (Å²) in [5, 5.41) is 0.545. The van der Waals surface area contributed by atoms with Gasteiger partial charge in [0, 0.05) is 17.0 Å². The molecule has 4 nitrogen and oxygen atoms in total. The lowest BCUT2D eigenvalue weighted by molar-refractivity contribution is 0.0603. The maximum absolute atomic E-state index is 12.3. The van der Waals surface area contributed by atoms with E-state index in [-0.39, 0.29) is 5.97 Å². The number of esters is 1. The zero-order valence-electron chi connectivity index (χ0n) is 15.2. The number of nitrogens with zero attached hydrogens (tertiary/aromatic N) is 1. The number of rotatable bonds is 5. The standard InChI is InChI=1S/C20H26N2O2S/c1-13(2)14-6-8-15(9-7-14)17-16(12-22-10-4-5-11-22)25-19(21)18(17)20(23)24-3/h6-9,13H,4-5,10-12,21H2,1-3H3. The predicted molar refractivity (Wildman–Crippen MR) is 104 cm³/mol. The van der Waals surface area contributed by atoms with Gasteiger partial charge in [-0.2, -0.15) is 0 Å². The molecule has 0 spiro atoms. The van der Waals surface area contributed by atoms with E-state index in [9.17, 15) is 4.79 Å². The highest BCUT2D eigenvalue weighted by Crippen LogP contribution is 2.40. The van der Waals surface area contributed by atoms with Crippen LogP contribution in [0.5, 0.6) is 0 Å². The van der Waals surface area contributed by atoms with Gasteiger partial charge in [0.05, 0.1) is 7.11 Å². The van der Waals surface area contributed by atoms with Gasteiger partial charge in [-0.1, -0.05) is 38.1 Å². The normalized spacial score (nSPS) is 15.0. The molecule has 0 aliphatic carbocycles. The molecule has 1 aliphatic rings. The van der Waals surface area contributed by atoms with Gasteiger partial charge in [0.1, 0.15) is 10.6 Å². The summed E-state index contributed by atoms with van der Waals surface area (Å²) in [6.07, 6.45) is 2.48. The van der Waals surface area contributed by atoms with E-state index >= 15 is 0 Å². The van der Waals surface area contributed by atoms with Crippen LogP contribution in [0.1, 0.15) is 53.4 Å². The number of ether oxygens (including phenoxy) is 1. The number of hydrogen-bond acceptors (Lipinski definition) is 5. The number of benzene rings is 1. The third-order valence-electron chi connectivity index (χ3n) is 4.83. The molecule has 1 aromatic carbocycles. The van der Waals surface area contributed by atoms with Crippen LogP contribution in [0.3, 0.4) is 0 Å². The van der Waals surface area contributed by atoms with E-state index in [0.29, 0.717) is 16.5 Å². The fourth-order valence-electron chi connectivity index (χ4n) is 3.40. The SMILES string of the molecule is COC(=O)c1c(N)sc(CN2CCCC2)c1-c1ccc(C(C)C)cc1. The average molecular weight is 359 g/mol. The van der Waals surface area contributed by atoms with Crippen molar-refractivity contribution < 1.29 is 9.53 Å². The van der Waals surface area contributed by atoms with Gasteiger partial charge in [0.15, 0.2) is 0 Å². The number of carbonyl (C=O) groups excluding carboxylic acids is 1. The number of nitrogens with two attached hydrogens (primary N) is 1. The monoisotopic (exact) mass is 358 g/mol. The summed E-state index contributed by atoms with van der Waals surface area (Å²) in [6.45, 7) is 7.41. The highest BCUT2D eigenvalue weighted by Gasteiger charge is 2.26. The summed E-state index contributed by atoms with van der Waals surface area (Å²) in [7, 11) is 1.41. The summed E-state index contributed by atoms with van der Waals surface area (Å²) in [4.78, 5) is 15.9. The van der Waals surface area contributed by atoms with Gasteiger partial charge in [-0.15, -0.1) is 11.3 Å². The first-order valence-electron chi connectivity index (χ1n) is 8.83. The van der Waals surface area contributed by atoms with Crippen LogP contribution in [-0.4, -0.2) is 31.1 Å². The molecule has 0 radical (unpaired) electrons. The molecule has 1 aliphatic heterocycles. The molecule has 3 rings (SSSR count). The molecule has 0 bridgehead atoms. The molecule has 0 saturated carbocycles. The number of nitrogen functional groups attached to an aromatic ring is 1. The minimum atomic E-state index is -0.357. The van der Waals surface area contributed by atoms with Crippen LogP contribution in [0.4, 0.5) is 5.00 Å². The Morgan fingerprint density at radius 3 is 2.44 bits per heavy atom. The first-order valence-corrected chi connectivity index (χ1v) is 9.65. The van der Waals surface area contributed by atoms with Crippen LogP contribution in [0, 0.1) is 0 Å². The summed E-state index contributed by atoms with van der Waals surface area (Å²) in [5.74, 6) is 0.120. The van der Waals surface area contributed by atoms with E-state index in [1.165, 1.54) is 36.9 Å². The van der Waals surface area contributed by atoms with Crippen molar-refractivity contribution in [3.05, 3.63) is 40.3 Å². The zero-order valence-corrected chi connectivity index (χ0v) is 16.0. The molecule has 25 heavy (non-hydrogen) atoms. The molecule has 134 valence electrons. The van der Waals surface area contributed by atoms with E-state index in [1.807, 2.05) is 0 Å². The predicted octanol–water partition coefficient (Wildman–Crippen LogP) is 4.50. The Balaban J connectivity index is 2.05. The first kappa shape index (κ1) is 18.0. The first-order chi connectivity index (χ1) is 12.0. The van der Waals surface area contributed by atoms with Crippen molar-refractivity contribution >= 4 is 22.3 Å². The molecule has 1 aromatic heterocycles. The molecule has 1 fully saturated rings. The summed E-state index contributed by atoms with van der Waals surface area (Å²) >= 11 is 1.51. The summed E-state index contributed by atoms with van der Waals surface area (Å²) in [5.41, 5.74) is 9.98. The lowest BCUT2D eigenvalue weighted by Crippen LogP contribution is -2.18. The second-order valence-electron chi connectivity index (χ2n) is 6.89. The van der Waals surface area contributed by atoms with Gasteiger partial charge in [-0.3, -0.25) is 4.90 Å². The van der Waals surface area contributed by atoms with Crippen LogP contribution in [0.2, 0.25) is 0 Å². The molecule has 1 saturated heterocycles. The largest absolute Gasteiger partial charge is 0.465 e. The third-order valence-corrected chi connectivity index (χ3v) is 5.83. The lowest BCUT2D eigenvalue weighted by Gasteiger charge is -2.15. The number of thiophene rings is 1. The van der Waals surface area contributed by atoms with E-state index < -0.39 is 0 Å². The third kappa shape index (κ3) is 3.72. The second kappa shape index (κ2) is 7.58.